The number of hydrogen-bond acceptors (Lipinski definition) is 5. The van der Waals surface area contributed by atoms with Crippen molar-refractivity contribution >= 4 is 49.5 Å². The van der Waals surface area contributed by atoms with E-state index in [0.717, 1.165) is 59.0 Å². The maximum Gasteiger partial charge on any atom is 0.225 e. The highest BCUT2D eigenvalue weighted by molar-refractivity contribution is 9.10. The van der Waals surface area contributed by atoms with Crippen LogP contribution in [0.25, 0.3) is 21.8 Å². The minimum Gasteiger partial charge on any atom is -0.362 e. The first-order valence-electron chi connectivity index (χ1n) is 11.7. The van der Waals surface area contributed by atoms with Gasteiger partial charge >= 0.3 is 0 Å². The van der Waals surface area contributed by atoms with Crippen molar-refractivity contribution in [2.45, 2.75) is 45.7 Å². The normalized spacial score (nSPS) is 18.1. The zero-order chi connectivity index (χ0) is 22.8. The monoisotopic (exact) mass is 522 g/mol. The molecule has 2 heterocycles. The third-order valence-electron chi connectivity index (χ3n) is 6.66. The van der Waals surface area contributed by atoms with Gasteiger partial charge in [0.2, 0.25) is 5.95 Å². The van der Waals surface area contributed by atoms with Crippen LogP contribution in [-0.2, 0) is 6.54 Å². The second kappa shape index (κ2) is 10.7. The van der Waals surface area contributed by atoms with E-state index in [-0.39, 0.29) is 7.43 Å². The standard InChI is InChI=1S/C26H31BrN6.CH4/c1-33(2)25-21-5-3-4-6-24(21)31-26(32-25)30-20-10-7-17(8-11-20)14-28-15-18-16-29-23-12-9-19(27)13-22(18)23;/h3-6,9,12-13,16-17,20,28-29H,7-8,10-11,14-15H2,1-2H3,(H,30,31,32);1H4. The summed E-state index contributed by atoms with van der Waals surface area (Å²) in [7, 11) is 4.07. The van der Waals surface area contributed by atoms with E-state index in [1.54, 1.807) is 0 Å². The molecular weight excluding hydrogens is 488 g/mol. The summed E-state index contributed by atoms with van der Waals surface area (Å²) >= 11 is 3.58. The maximum atomic E-state index is 4.81. The number of aromatic amines is 1. The average molecular weight is 524 g/mol. The van der Waals surface area contributed by atoms with E-state index in [2.05, 4.69) is 73.0 Å². The highest BCUT2D eigenvalue weighted by atomic mass is 79.9. The Morgan fingerprint density at radius 1 is 1.03 bits per heavy atom. The first-order valence-corrected chi connectivity index (χ1v) is 12.5. The molecule has 5 rings (SSSR count). The SMILES string of the molecule is C.CN(C)c1nc(NC2CCC(CNCc3c[nH]c4ccc(Br)cc34)CC2)nc2ccccc12. The van der Waals surface area contributed by atoms with Gasteiger partial charge in [0.15, 0.2) is 0 Å². The van der Waals surface area contributed by atoms with Crippen molar-refractivity contribution in [1.82, 2.24) is 20.3 Å². The highest BCUT2D eigenvalue weighted by Gasteiger charge is 2.22. The van der Waals surface area contributed by atoms with E-state index < -0.39 is 0 Å². The molecule has 0 saturated heterocycles. The van der Waals surface area contributed by atoms with Gasteiger partial charge in [0, 0.05) is 53.6 Å². The predicted octanol–water partition coefficient (Wildman–Crippen LogP) is 6.34. The van der Waals surface area contributed by atoms with Crippen LogP contribution in [0.4, 0.5) is 11.8 Å². The van der Waals surface area contributed by atoms with Crippen LogP contribution in [0.15, 0.2) is 53.1 Å². The minimum atomic E-state index is 0. The average Bonchev–Trinajstić information content (AvgIpc) is 3.21. The maximum absolute atomic E-state index is 4.81. The van der Waals surface area contributed by atoms with Gasteiger partial charge in [-0.05, 0) is 74.0 Å². The Morgan fingerprint density at radius 2 is 1.82 bits per heavy atom. The number of halogens is 1. The van der Waals surface area contributed by atoms with Crippen LogP contribution in [0, 0.1) is 5.92 Å². The Labute approximate surface area is 210 Å². The minimum absolute atomic E-state index is 0. The van der Waals surface area contributed by atoms with Crippen molar-refractivity contribution < 1.29 is 0 Å². The van der Waals surface area contributed by atoms with Crippen LogP contribution in [-0.4, -0.2) is 41.6 Å². The zero-order valence-corrected chi connectivity index (χ0v) is 20.8. The number of H-pyrrole nitrogens is 1. The fourth-order valence-electron chi connectivity index (χ4n) is 4.87. The lowest BCUT2D eigenvalue weighted by Crippen LogP contribution is -2.31. The summed E-state index contributed by atoms with van der Waals surface area (Å²) in [6.07, 6.45) is 6.87. The fourth-order valence-corrected chi connectivity index (χ4v) is 5.23. The fraction of sp³-hybridized carbons (Fsp3) is 0.407. The summed E-state index contributed by atoms with van der Waals surface area (Å²) in [5.41, 5.74) is 3.50. The van der Waals surface area contributed by atoms with Crippen molar-refractivity contribution in [2.24, 2.45) is 5.92 Å². The molecule has 7 heteroatoms. The van der Waals surface area contributed by atoms with Crippen LogP contribution < -0.4 is 15.5 Å². The van der Waals surface area contributed by atoms with Gasteiger partial charge in [-0.1, -0.05) is 35.5 Å². The van der Waals surface area contributed by atoms with E-state index in [0.29, 0.717) is 6.04 Å². The lowest BCUT2D eigenvalue weighted by atomic mass is 9.86. The molecule has 0 amide bonds. The topological polar surface area (TPSA) is 68.9 Å². The molecule has 1 fully saturated rings. The Hall–Kier alpha value is -2.64. The summed E-state index contributed by atoms with van der Waals surface area (Å²) in [6.45, 7) is 1.96. The highest BCUT2D eigenvalue weighted by Crippen LogP contribution is 2.28. The molecule has 0 spiro atoms. The van der Waals surface area contributed by atoms with Crippen molar-refractivity contribution in [1.29, 1.82) is 0 Å². The first kappa shape index (κ1) is 24.5. The lowest BCUT2D eigenvalue weighted by Gasteiger charge is -2.29. The van der Waals surface area contributed by atoms with E-state index in [1.165, 1.54) is 29.3 Å². The van der Waals surface area contributed by atoms with Gasteiger partial charge in [0.25, 0.3) is 0 Å². The number of fused-ring (bicyclic) bond motifs is 2. The van der Waals surface area contributed by atoms with Gasteiger partial charge < -0.3 is 20.5 Å². The molecule has 4 aromatic rings. The van der Waals surface area contributed by atoms with E-state index >= 15 is 0 Å². The second-order valence-electron chi connectivity index (χ2n) is 9.28. The van der Waals surface area contributed by atoms with Crippen molar-refractivity contribution in [2.75, 3.05) is 30.9 Å². The van der Waals surface area contributed by atoms with Crippen molar-refractivity contribution in [3.05, 3.63) is 58.7 Å². The first-order chi connectivity index (χ1) is 16.1. The molecule has 0 atom stereocenters. The quantitative estimate of drug-likeness (QED) is 0.264. The number of rotatable bonds is 7. The third-order valence-corrected chi connectivity index (χ3v) is 7.16. The summed E-state index contributed by atoms with van der Waals surface area (Å²) in [5, 5.41) is 9.68. The molecule has 0 bridgehead atoms. The van der Waals surface area contributed by atoms with Crippen LogP contribution in [0.5, 0.6) is 0 Å². The second-order valence-corrected chi connectivity index (χ2v) is 10.2. The van der Waals surface area contributed by atoms with Gasteiger partial charge in [-0.25, -0.2) is 4.98 Å². The van der Waals surface area contributed by atoms with E-state index in [4.69, 9.17) is 9.97 Å². The number of para-hydroxylation sites is 1. The molecular formula is C27H35BrN6. The van der Waals surface area contributed by atoms with E-state index in [1.807, 2.05) is 26.2 Å². The predicted molar refractivity (Wildman–Crippen MR) is 148 cm³/mol. The molecule has 180 valence electrons. The van der Waals surface area contributed by atoms with Crippen molar-refractivity contribution in [3.63, 3.8) is 0 Å². The van der Waals surface area contributed by atoms with Crippen LogP contribution >= 0.6 is 15.9 Å². The van der Waals surface area contributed by atoms with Gasteiger partial charge in [0.1, 0.15) is 5.82 Å². The van der Waals surface area contributed by atoms with Gasteiger partial charge in [0.05, 0.1) is 5.52 Å². The molecule has 0 radical (unpaired) electrons. The van der Waals surface area contributed by atoms with Gasteiger partial charge in [-0.3, -0.25) is 0 Å². The number of hydrogen-bond donors (Lipinski definition) is 3. The van der Waals surface area contributed by atoms with E-state index in [9.17, 15) is 0 Å². The molecule has 1 aliphatic carbocycles. The summed E-state index contributed by atoms with van der Waals surface area (Å²) in [5.74, 6) is 2.42. The third kappa shape index (κ3) is 5.36. The zero-order valence-electron chi connectivity index (χ0n) is 19.2. The molecule has 0 aliphatic heterocycles. The number of aromatic nitrogens is 3. The van der Waals surface area contributed by atoms with Gasteiger partial charge in [-0.15, -0.1) is 0 Å². The molecule has 1 saturated carbocycles. The van der Waals surface area contributed by atoms with Crippen LogP contribution in [0.1, 0.15) is 38.7 Å². The van der Waals surface area contributed by atoms with Crippen LogP contribution in [0.3, 0.4) is 0 Å². The molecule has 3 N–H and O–H groups in total. The Bertz CT molecular complexity index is 1240. The Morgan fingerprint density at radius 3 is 2.62 bits per heavy atom. The molecule has 34 heavy (non-hydrogen) atoms. The smallest absolute Gasteiger partial charge is 0.225 e. The lowest BCUT2D eigenvalue weighted by molar-refractivity contribution is 0.324. The number of nitrogens with one attached hydrogen (secondary N) is 3. The molecule has 2 aromatic heterocycles. The molecule has 0 unspecified atom stereocenters. The van der Waals surface area contributed by atoms with Crippen LogP contribution in [0.2, 0.25) is 0 Å². The van der Waals surface area contributed by atoms with Crippen molar-refractivity contribution in [3.8, 4) is 0 Å². The summed E-state index contributed by atoms with van der Waals surface area (Å²) in [4.78, 5) is 15.0. The summed E-state index contributed by atoms with van der Waals surface area (Å²) < 4.78 is 1.12. The summed E-state index contributed by atoms with van der Waals surface area (Å²) in [6, 6.07) is 15.0. The molecule has 2 aromatic carbocycles. The number of anilines is 2. The number of nitrogens with zero attached hydrogens (tertiary/aromatic N) is 3. The Balaban J connectivity index is 0.00000274. The largest absolute Gasteiger partial charge is 0.362 e. The van der Waals surface area contributed by atoms with Gasteiger partial charge in [-0.2, -0.15) is 4.98 Å². The number of benzene rings is 2. The molecule has 6 nitrogen and oxygen atoms in total. The molecule has 1 aliphatic rings. The Kier molecular flexibility index (Phi) is 7.73.